The van der Waals surface area contributed by atoms with Gasteiger partial charge in [-0.1, -0.05) is 12.8 Å². The van der Waals surface area contributed by atoms with Gasteiger partial charge >= 0.3 is 0 Å². The van der Waals surface area contributed by atoms with Crippen LogP contribution >= 0.6 is 11.3 Å². The molecule has 2 aliphatic heterocycles. The third-order valence-electron chi connectivity index (χ3n) is 4.75. The predicted molar refractivity (Wildman–Crippen MR) is 101 cm³/mol. The van der Waals surface area contributed by atoms with Crippen LogP contribution in [0.4, 0.5) is 5.00 Å². The molecule has 26 heavy (non-hydrogen) atoms. The van der Waals surface area contributed by atoms with E-state index in [0.717, 1.165) is 23.5 Å². The van der Waals surface area contributed by atoms with Gasteiger partial charge in [-0.05, 0) is 38.8 Å². The molecule has 6 heteroatoms. The van der Waals surface area contributed by atoms with Crippen LogP contribution in [0, 0.1) is 34.0 Å². The maximum absolute atomic E-state index is 9.69. The summed E-state index contributed by atoms with van der Waals surface area (Å²) in [5.74, 6) is 0.0993. The molecule has 1 aromatic heterocycles. The highest BCUT2D eigenvalue weighted by Crippen LogP contribution is 2.47. The molecule has 2 aliphatic rings. The van der Waals surface area contributed by atoms with Crippen molar-refractivity contribution in [2.24, 2.45) is 0 Å². The molecule has 0 amide bonds. The molecule has 0 aromatic carbocycles. The van der Waals surface area contributed by atoms with E-state index in [0.29, 0.717) is 0 Å². The molecule has 1 fully saturated rings. The number of nitriles is 3. The summed E-state index contributed by atoms with van der Waals surface area (Å²) in [6.07, 6.45) is 4.96. The van der Waals surface area contributed by atoms with Crippen molar-refractivity contribution in [3.8, 4) is 18.2 Å². The quantitative estimate of drug-likeness (QED) is 0.721. The molecule has 0 spiro atoms. The van der Waals surface area contributed by atoms with Crippen LogP contribution in [0.25, 0.3) is 5.57 Å². The first kappa shape index (κ1) is 18.1. The second-order valence-corrected chi connectivity index (χ2v) is 8.00. The SMILES string of the molecule is CC1(C)OC(=C(C#N)C#N)C(C#N)=C1c1ccc(N2CCCCCC2)s1. The maximum Gasteiger partial charge on any atom is 0.172 e. The van der Waals surface area contributed by atoms with E-state index in [-0.39, 0.29) is 16.9 Å². The Bertz CT molecular complexity index is 877. The Morgan fingerprint density at radius 1 is 1.08 bits per heavy atom. The van der Waals surface area contributed by atoms with E-state index in [2.05, 4.69) is 17.0 Å². The molecule has 5 nitrogen and oxygen atoms in total. The normalized spacial score (nSPS) is 19.2. The van der Waals surface area contributed by atoms with E-state index in [1.807, 2.05) is 32.1 Å². The van der Waals surface area contributed by atoms with Crippen molar-refractivity contribution in [2.75, 3.05) is 18.0 Å². The molecule has 132 valence electrons. The summed E-state index contributed by atoms with van der Waals surface area (Å²) in [6.45, 7) is 5.85. The number of allylic oxidation sites excluding steroid dienone is 2. The maximum atomic E-state index is 9.69. The van der Waals surface area contributed by atoms with Crippen LogP contribution in [-0.4, -0.2) is 18.7 Å². The van der Waals surface area contributed by atoms with Crippen LogP contribution in [0.2, 0.25) is 0 Å². The highest BCUT2D eigenvalue weighted by Gasteiger charge is 2.41. The van der Waals surface area contributed by atoms with Crippen molar-refractivity contribution in [3.63, 3.8) is 0 Å². The van der Waals surface area contributed by atoms with Crippen LogP contribution in [0.1, 0.15) is 44.4 Å². The predicted octanol–water partition coefficient (Wildman–Crippen LogP) is 4.52. The fraction of sp³-hybridized carbons (Fsp3) is 0.450. The Morgan fingerprint density at radius 2 is 1.73 bits per heavy atom. The molecule has 0 N–H and O–H groups in total. The van der Waals surface area contributed by atoms with Gasteiger partial charge in [-0.25, -0.2) is 0 Å². The summed E-state index contributed by atoms with van der Waals surface area (Å²) < 4.78 is 5.87. The first-order valence-electron chi connectivity index (χ1n) is 8.75. The monoisotopic (exact) mass is 364 g/mol. The molecule has 1 aromatic rings. The average Bonchev–Trinajstić information content (AvgIpc) is 3.07. The van der Waals surface area contributed by atoms with Crippen LogP contribution in [0.3, 0.4) is 0 Å². The number of hydrogen-bond donors (Lipinski definition) is 0. The molecular weight excluding hydrogens is 344 g/mol. The van der Waals surface area contributed by atoms with Gasteiger partial charge in [-0.2, -0.15) is 15.8 Å². The summed E-state index contributed by atoms with van der Waals surface area (Å²) >= 11 is 1.64. The lowest BCUT2D eigenvalue weighted by Gasteiger charge is -2.22. The van der Waals surface area contributed by atoms with Crippen molar-refractivity contribution in [2.45, 2.75) is 45.1 Å². The van der Waals surface area contributed by atoms with E-state index in [1.165, 1.54) is 30.7 Å². The van der Waals surface area contributed by atoms with Crippen LogP contribution < -0.4 is 4.90 Å². The molecule has 0 atom stereocenters. The van der Waals surface area contributed by atoms with Gasteiger partial charge in [-0.3, -0.25) is 0 Å². The summed E-state index contributed by atoms with van der Waals surface area (Å²) in [5, 5.41) is 29.2. The van der Waals surface area contributed by atoms with E-state index in [1.54, 1.807) is 11.3 Å². The summed E-state index contributed by atoms with van der Waals surface area (Å²) in [7, 11) is 0. The van der Waals surface area contributed by atoms with Crippen LogP contribution in [0.15, 0.2) is 29.0 Å². The fourth-order valence-corrected chi connectivity index (χ4v) is 4.78. The highest BCUT2D eigenvalue weighted by molar-refractivity contribution is 7.17. The molecule has 0 aliphatic carbocycles. The summed E-state index contributed by atoms with van der Waals surface area (Å²) in [4.78, 5) is 3.36. The highest BCUT2D eigenvalue weighted by atomic mass is 32.1. The van der Waals surface area contributed by atoms with Crippen molar-refractivity contribution >= 4 is 21.9 Å². The number of thiophene rings is 1. The zero-order chi connectivity index (χ0) is 18.7. The Kier molecular flexibility index (Phi) is 5.03. The van der Waals surface area contributed by atoms with Crippen molar-refractivity contribution in [1.82, 2.24) is 0 Å². The van der Waals surface area contributed by atoms with Gasteiger partial charge < -0.3 is 9.64 Å². The van der Waals surface area contributed by atoms with Gasteiger partial charge in [0.25, 0.3) is 0 Å². The lowest BCUT2D eigenvalue weighted by molar-refractivity contribution is 0.109. The van der Waals surface area contributed by atoms with E-state index < -0.39 is 5.60 Å². The Labute approximate surface area is 158 Å². The van der Waals surface area contributed by atoms with Gasteiger partial charge in [-0.15, -0.1) is 11.3 Å². The van der Waals surface area contributed by atoms with Gasteiger partial charge in [0.1, 0.15) is 29.4 Å². The van der Waals surface area contributed by atoms with E-state index in [4.69, 9.17) is 4.74 Å². The Hall–Kier alpha value is -2.75. The van der Waals surface area contributed by atoms with Gasteiger partial charge in [0.15, 0.2) is 11.3 Å². The first-order valence-corrected chi connectivity index (χ1v) is 9.57. The van der Waals surface area contributed by atoms with Gasteiger partial charge in [0, 0.05) is 23.5 Å². The lowest BCUT2D eigenvalue weighted by atomic mass is 9.94. The number of rotatable bonds is 2. The molecule has 1 saturated heterocycles. The number of anilines is 1. The number of nitrogens with zero attached hydrogens (tertiary/aromatic N) is 4. The zero-order valence-corrected chi connectivity index (χ0v) is 15.8. The third kappa shape index (κ3) is 3.19. The van der Waals surface area contributed by atoms with Gasteiger partial charge in [0.2, 0.25) is 0 Å². The Balaban J connectivity index is 2.06. The molecule has 3 rings (SSSR count). The van der Waals surface area contributed by atoms with Crippen molar-refractivity contribution < 1.29 is 4.74 Å². The minimum Gasteiger partial charge on any atom is -0.479 e. The lowest BCUT2D eigenvalue weighted by Crippen LogP contribution is -2.22. The van der Waals surface area contributed by atoms with Crippen LogP contribution in [-0.2, 0) is 4.74 Å². The smallest absolute Gasteiger partial charge is 0.172 e. The molecular formula is C20H20N4OS. The van der Waals surface area contributed by atoms with Crippen LogP contribution in [0.5, 0.6) is 0 Å². The Morgan fingerprint density at radius 3 is 2.31 bits per heavy atom. The number of hydrogen-bond acceptors (Lipinski definition) is 6. The molecule has 0 unspecified atom stereocenters. The largest absolute Gasteiger partial charge is 0.479 e. The average molecular weight is 364 g/mol. The summed E-state index contributed by atoms with van der Waals surface area (Å²) in [5.41, 5.74) is 0.121. The minimum atomic E-state index is -0.764. The standard InChI is InChI=1S/C20H20N4OS/c1-20(2)18(15(13-23)19(25-20)14(11-21)12-22)16-7-8-17(26-16)24-9-5-3-4-6-10-24/h7-8H,3-6,9-10H2,1-2H3. The molecule has 3 heterocycles. The molecule has 0 radical (unpaired) electrons. The second kappa shape index (κ2) is 7.24. The second-order valence-electron chi connectivity index (χ2n) is 6.94. The first-order chi connectivity index (χ1) is 12.5. The summed E-state index contributed by atoms with van der Waals surface area (Å²) in [6, 6.07) is 9.94. The molecule has 0 bridgehead atoms. The van der Waals surface area contributed by atoms with Crippen molar-refractivity contribution in [1.29, 1.82) is 15.8 Å². The number of ether oxygens (including phenoxy) is 1. The topological polar surface area (TPSA) is 83.8 Å². The van der Waals surface area contributed by atoms with Gasteiger partial charge in [0.05, 0.1) is 5.00 Å². The fourth-order valence-electron chi connectivity index (χ4n) is 3.52. The van der Waals surface area contributed by atoms with E-state index >= 15 is 0 Å². The minimum absolute atomic E-state index is 0.0993. The van der Waals surface area contributed by atoms with E-state index in [9.17, 15) is 15.8 Å². The third-order valence-corrected chi connectivity index (χ3v) is 5.92. The zero-order valence-electron chi connectivity index (χ0n) is 15.0. The molecule has 0 saturated carbocycles. The van der Waals surface area contributed by atoms with Crippen molar-refractivity contribution in [3.05, 3.63) is 33.9 Å².